The molecule has 0 spiro atoms. The highest BCUT2D eigenvalue weighted by Crippen LogP contribution is 2.29. The molecule has 0 fully saturated rings. The lowest BCUT2D eigenvalue weighted by atomic mass is 10.1. The maximum atomic E-state index is 11.9. The molecule has 0 unspecified atom stereocenters. The molecule has 3 aromatic rings. The summed E-state index contributed by atoms with van der Waals surface area (Å²) in [6.07, 6.45) is 4.86. The highest BCUT2D eigenvalue weighted by molar-refractivity contribution is 5.82. The average molecular weight is 331 g/mol. The van der Waals surface area contributed by atoms with Gasteiger partial charge in [0.2, 0.25) is 0 Å². The minimum absolute atomic E-state index is 0.117. The number of hydrazone groups is 1. The van der Waals surface area contributed by atoms with E-state index in [1.807, 2.05) is 60.7 Å². The molecule has 0 aliphatic carbocycles. The van der Waals surface area contributed by atoms with Crippen molar-refractivity contribution >= 4 is 12.1 Å². The second-order valence-corrected chi connectivity index (χ2v) is 5.23. The maximum Gasteiger partial charge on any atom is 0.277 e. The molecule has 124 valence electrons. The summed E-state index contributed by atoms with van der Waals surface area (Å²) in [5, 5.41) is 3.89. The topological polar surface area (TPSA) is 63.6 Å². The number of carbonyl (C=O) groups is 1. The van der Waals surface area contributed by atoms with E-state index in [0.29, 0.717) is 5.75 Å². The number of rotatable bonds is 6. The highest BCUT2D eigenvalue weighted by atomic mass is 16.5. The van der Waals surface area contributed by atoms with E-state index in [4.69, 9.17) is 4.74 Å². The summed E-state index contributed by atoms with van der Waals surface area (Å²) < 4.78 is 5.66. The number of hydrogen-bond donors (Lipinski definition) is 1. The number of carbonyl (C=O) groups excluding carboxylic acids is 1. The minimum atomic E-state index is -0.331. The van der Waals surface area contributed by atoms with E-state index < -0.39 is 0 Å². The fourth-order valence-corrected chi connectivity index (χ4v) is 2.26. The number of benzene rings is 2. The van der Waals surface area contributed by atoms with Crippen molar-refractivity contribution in [1.82, 2.24) is 10.4 Å². The number of amides is 1. The van der Waals surface area contributed by atoms with E-state index in [9.17, 15) is 4.79 Å². The Kier molecular flexibility index (Phi) is 5.51. The molecule has 3 rings (SSSR count). The number of para-hydroxylation sites is 1. The Morgan fingerprint density at radius 3 is 2.64 bits per heavy atom. The van der Waals surface area contributed by atoms with Crippen molar-refractivity contribution in [3.8, 4) is 16.9 Å². The Balaban J connectivity index is 1.59. The van der Waals surface area contributed by atoms with Gasteiger partial charge in [-0.3, -0.25) is 9.78 Å². The van der Waals surface area contributed by atoms with Gasteiger partial charge in [-0.2, -0.15) is 5.10 Å². The van der Waals surface area contributed by atoms with Gasteiger partial charge in [0.25, 0.3) is 5.91 Å². The van der Waals surface area contributed by atoms with E-state index in [1.165, 1.54) is 6.21 Å². The number of aromatic nitrogens is 1. The zero-order valence-electron chi connectivity index (χ0n) is 13.5. The van der Waals surface area contributed by atoms with Crippen molar-refractivity contribution in [2.24, 2.45) is 5.10 Å². The summed E-state index contributed by atoms with van der Waals surface area (Å²) in [5.74, 6) is 0.322. The number of pyridine rings is 1. The fourth-order valence-electron chi connectivity index (χ4n) is 2.26. The molecule has 0 radical (unpaired) electrons. The quantitative estimate of drug-likeness (QED) is 0.557. The number of nitrogens with zero attached hydrogens (tertiary/aromatic N) is 2. The molecule has 0 atom stereocenters. The van der Waals surface area contributed by atoms with Gasteiger partial charge in [0.15, 0.2) is 6.61 Å². The number of nitrogens with one attached hydrogen (secondary N) is 1. The van der Waals surface area contributed by atoms with Crippen LogP contribution in [0, 0.1) is 0 Å². The van der Waals surface area contributed by atoms with Gasteiger partial charge in [-0.15, -0.1) is 0 Å². The van der Waals surface area contributed by atoms with E-state index in [0.717, 1.165) is 16.7 Å². The van der Waals surface area contributed by atoms with Gasteiger partial charge in [-0.1, -0.05) is 54.6 Å². The Morgan fingerprint density at radius 1 is 1.04 bits per heavy atom. The molecule has 2 aromatic carbocycles. The van der Waals surface area contributed by atoms with Crippen LogP contribution in [0.15, 0.2) is 84.2 Å². The maximum absolute atomic E-state index is 11.9. The second kappa shape index (κ2) is 8.40. The third-order valence-electron chi connectivity index (χ3n) is 3.42. The third-order valence-corrected chi connectivity index (χ3v) is 3.42. The summed E-state index contributed by atoms with van der Waals surface area (Å²) in [6.45, 7) is -0.117. The molecule has 25 heavy (non-hydrogen) atoms. The summed E-state index contributed by atoms with van der Waals surface area (Å²) in [4.78, 5) is 15.9. The van der Waals surface area contributed by atoms with Crippen molar-refractivity contribution in [3.05, 3.63) is 84.7 Å². The van der Waals surface area contributed by atoms with Crippen LogP contribution in [0.4, 0.5) is 0 Å². The van der Waals surface area contributed by atoms with Gasteiger partial charge in [0, 0.05) is 23.5 Å². The summed E-state index contributed by atoms with van der Waals surface area (Å²) in [6, 6.07) is 21.1. The normalized spacial score (nSPS) is 10.6. The van der Waals surface area contributed by atoms with Crippen molar-refractivity contribution in [2.45, 2.75) is 0 Å². The van der Waals surface area contributed by atoms with Crippen LogP contribution in [-0.4, -0.2) is 23.7 Å². The summed E-state index contributed by atoms with van der Waals surface area (Å²) in [5.41, 5.74) is 5.22. The lowest BCUT2D eigenvalue weighted by Gasteiger charge is -2.10. The van der Waals surface area contributed by atoms with Crippen LogP contribution in [-0.2, 0) is 4.79 Å². The highest BCUT2D eigenvalue weighted by Gasteiger charge is 2.07. The smallest absolute Gasteiger partial charge is 0.277 e. The molecule has 5 nitrogen and oxygen atoms in total. The molecule has 0 saturated heterocycles. The fraction of sp³-hybridized carbons (Fsp3) is 0.0500. The largest absolute Gasteiger partial charge is 0.483 e. The van der Waals surface area contributed by atoms with Crippen LogP contribution in [0.2, 0.25) is 0 Å². The van der Waals surface area contributed by atoms with Crippen molar-refractivity contribution in [3.63, 3.8) is 0 Å². The Labute approximate surface area is 146 Å². The van der Waals surface area contributed by atoms with Gasteiger partial charge in [0.1, 0.15) is 5.75 Å². The number of hydrogen-bond acceptors (Lipinski definition) is 4. The van der Waals surface area contributed by atoms with Crippen molar-refractivity contribution < 1.29 is 9.53 Å². The van der Waals surface area contributed by atoms with E-state index >= 15 is 0 Å². The standard InChI is InChI=1S/C20H17N3O2/c24-20(23-22-14-16-7-6-12-21-13-16)15-25-19-11-5-4-10-18(19)17-8-2-1-3-9-17/h1-14H,15H2,(H,23,24)/b22-14-. The zero-order valence-corrected chi connectivity index (χ0v) is 13.5. The van der Waals surface area contributed by atoms with Crippen LogP contribution in [0.5, 0.6) is 5.75 Å². The molecule has 5 heteroatoms. The van der Waals surface area contributed by atoms with Gasteiger partial charge < -0.3 is 4.74 Å². The van der Waals surface area contributed by atoms with E-state index in [1.54, 1.807) is 18.5 Å². The monoisotopic (exact) mass is 331 g/mol. The van der Waals surface area contributed by atoms with Gasteiger partial charge >= 0.3 is 0 Å². The number of ether oxygens (including phenoxy) is 1. The van der Waals surface area contributed by atoms with Crippen LogP contribution in [0.1, 0.15) is 5.56 Å². The predicted molar refractivity (Wildman–Crippen MR) is 97.3 cm³/mol. The zero-order chi connectivity index (χ0) is 17.3. The first-order chi connectivity index (χ1) is 12.3. The molecule has 0 saturated carbocycles. The average Bonchev–Trinajstić information content (AvgIpc) is 2.68. The SMILES string of the molecule is O=C(COc1ccccc1-c1ccccc1)N/N=C\c1cccnc1. The lowest BCUT2D eigenvalue weighted by molar-refractivity contribution is -0.123. The molecule has 1 aromatic heterocycles. The van der Waals surface area contributed by atoms with Crippen LogP contribution in [0.3, 0.4) is 0 Å². The first-order valence-corrected chi connectivity index (χ1v) is 7.82. The Morgan fingerprint density at radius 2 is 1.84 bits per heavy atom. The van der Waals surface area contributed by atoms with Gasteiger partial charge in [0.05, 0.1) is 6.21 Å². The van der Waals surface area contributed by atoms with Gasteiger partial charge in [-0.25, -0.2) is 5.43 Å². The lowest BCUT2D eigenvalue weighted by Crippen LogP contribution is -2.24. The molecule has 1 heterocycles. The first kappa shape index (κ1) is 16.4. The van der Waals surface area contributed by atoms with Crippen LogP contribution < -0.4 is 10.2 Å². The second-order valence-electron chi connectivity index (χ2n) is 5.23. The van der Waals surface area contributed by atoms with Crippen molar-refractivity contribution in [1.29, 1.82) is 0 Å². The molecule has 1 amide bonds. The van der Waals surface area contributed by atoms with Crippen LogP contribution in [0.25, 0.3) is 11.1 Å². The molecule has 0 bridgehead atoms. The minimum Gasteiger partial charge on any atom is -0.483 e. The molecule has 0 aliphatic heterocycles. The van der Waals surface area contributed by atoms with Crippen LogP contribution >= 0.6 is 0 Å². The first-order valence-electron chi connectivity index (χ1n) is 7.82. The van der Waals surface area contributed by atoms with Crippen molar-refractivity contribution in [2.75, 3.05) is 6.61 Å². The predicted octanol–water partition coefficient (Wildman–Crippen LogP) is 3.28. The Bertz CT molecular complexity index is 849. The Hall–Kier alpha value is -3.47. The molecule has 1 N–H and O–H groups in total. The molecular weight excluding hydrogens is 314 g/mol. The van der Waals surface area contributed by atoms with E-state index in [2.05, 4.69) is 15.5 Å². The van der Waals surface area contributed by atoms with E-state index in [-0.39, 0.29) is 12.5 Å². The molecular formula is C20H17N3O2. The third kappa shape index (κ3) is 4.75. The molecule has 0 aliphatic rings. The van der Waals surface area contributed by atoms with Gasteiger partial charge in [-0.05, 0) is 17.7 Å². The summed E-state index contributed by atoms with van der Waals surface area (Å²) >= 11 is 0. The summed E-state index contributed by atoms with van der Waals surface area (Å²) in [7, 11) is 0.